The second-order valence-corrected chi connectivity index (χ2v) is 6.32. The molecule has 0 aromatic carbocycles. The van der Waals surface area contributed by atoms with Crippen LogP contribution in [0.5, 0.6) is 0 Å². The largest absolute Gasteiger partial charge is 0.550 e. The van der Waals surface area contributed by atoms with Gasteiger partial charge < -0.3 is 24.3 Å². The Balaban J connectivity index is 5.20. The number of methoxy groups -OCH3 is 1. The third-order valence-electron chi connectivity index (χ3n) is 3.41. The summed E-state index contributed by atoms with van der Waals surface area (Å²) in [5.74, 6) is -1.14. The number of carboxylic acids is 1. The molecule has 0 saturated carbocycles. The molecule has 0 radical (unpaired) electrons. The highest BCUT2D eigenvalue weighted by Crippen LogP contribution is 2.23. The van der Waals surface area contributed by atoms with Crippen LogP contribution < -0.4 is 5.11 Å². The van der Waals surface area contributed by atoms with Crippen molar-refractivity contribution in [2.45, 2.75) is 65.2 Å². The van der Waals surface area contributed by atoms with Crippen molar-refractivity contribution in [3.05, 3.63) is 0 Å². The van der Waals surface area contributed by atoms with Gasteiger partial charge in [0.05, 0.1) is 12.1 Å². The Morgan fingerprint density at radius 1 is 1.29 bits per heavy atom. The van der Waals surface area contributed by atoms with Gasteiger partial charge in [0.2, 0.25) is 0 Å². The number of carboxylic acid groups (broad SMARTS) is 1. The summed E-state index contributed by atoms with van der Waals surface area (Å²) in [7, 11) is 3.04. The van der Waals surface area contributed by atoms with E-state index < -0.39 is 29.8 Å². The van der Waals surface area contributed by atoms with Crippen LogP contribution in [0, 0.1) is 5.92 Å². The fourth-order valence-corrected chi connectivity index (χ4v) is 2.20. The van der Waals surface area contributed by atoms with Gasteiger partial charge in [-0.15, -0.1) is 0 Å². The molecule has 124 valence electrons. The van der Waals surface area contributed by atoms with Crippen LogP contribution in [-0.2, 0) is 14.3 Å². The van der Waals surface area contributed by atoms with Gasteiger partial charge in [-0.25, -0.2) is 4.79 Å². The Hall–Kier alpha value is -1.30. The molecule has 0 aliphatic carbocycles. The average molecular weight is 302 g/mol. The van der Waals surface area contributed by atoms with E-state index >= 15 is 0 Å². The number of nitrogens with zero attached hydrogens (tertiary/aromatic N) is 1. The van der Waals surface area contributed by atoms with Gasteiger partial charge >= 0.3 is 6.09 Å². The standard InChI is InChI=1S/C15H29NO5/c1-8-10(2)13(11(20-7)9-12(17)18)16(6)14(19)21-15(3,4)5/h10-11,13H,8-9H2,1-7H3,(H,17,18)/p-1/t10-,11+,13-/m0/s1. The molecule has 0 heterocycles. The van der Waals surface area contributed by atoms with E-state index in [1.54, 1.807) is 27.8 Å². The van der Waals surface area contributed by atoms with Crippen LogP contribution in [0.15, 0.2) is 0 Å². The molecule has 0 aliphatic heterocycles. The minimum Gasteiger partial charge on any atom is -0.550 e. The summed E-state index contributed by atoms with van der Waals surface area (Å²) in [6.07, 6.45) is -0.612. The van der Waals surface area contributed by atoms with Crippen molar-refractivity contribution in [3.63, 3.8) is 0 Å². The van der Waals surface area contributed by atoms with Gasteiger partial charge in [-0.2, -0.15) is 0 Å². The zero-order valence-electron chi connectivity index (χ0n) is 14.1. The number of ether oxygens (including phenoxy) is 2. The van der Waals surface area contributed by atoms with Gasteiger partial charge in [-0.3, -0.25) is 0 Å². The van der Waals surface area contributed by atoms with Gasteiger partial charge in [0, 0.05) is 26.5 Å². The first-order valence-electron chi connectivity index (χ1n) is 7.21. The third-order valence-corrected chi connectivity index (χ3v) is 3.41. The number of hydrogen-bond donors (Lipinski definition) is 0. The highest BCUT2D eigenvalue weighted by molar-refractivity contribution is 5.69. The smallest absolute Gasteiger partial charge is 0.410 e. The lowest BCUT2D eigenvalue weighted by molar-refractivity contribution is -0.308. The van der Waals surface area contributed by atoms with Crippen LogP contribution in [0.2, 0.25) is 0 Å². The highest BCUT2D eigenvalue weighted by Gasteiger charge is 2.34. The number of carbonyl (C=O) groups excluding carboxylic acids is 2. The van der Waals surface area contributed by atoms with Gasteiger partial charge in [0.15, 0.2) is 0 Å². The number of amides is 1. The summed E-state index contributed by atoms with van der Waals surface area (Å²) in [4.78, 5) is 24.5. The molecule has 0 aliphatic rings. The van der Waals surface area contributed by atoms with E-state index in [-0.39, 0.29) is 12.3 Å². The van der Waals surface area contributed by atoms with Crippen molar-refractivity contribution in [2.75, 3.05) is 14.2 Å². The number of carbonyl (C=O) groups is 2. The second-order valence-electron chi connectivity index (χ2n) is 6.32. The molecule has 0 rings (SSSR count). The Morgan fingerprint density at radius 3 is 2.14 bits per heavy atom. The molecule has 6 nitrogen and oxygen atoms in total. The predicted molar refractivity (Wildman–Crippen MR) is 77.7 cm³/mol. The minimum absolute atomic E-state index is 0.0619. The number of hydrogen-bond acceptors (Lipinski definition) is 5. The van der Waals surface area contributed by atoms with E-state index in [2.05, 4.69) is 0 Å². The Bertz CT molecular complexity index is 350. The quantitative estimate of drug-likeness (QED) is 0.710. The lowest BCUT2D eigenvalue weighted by Crippen LogP contribution is -2.51. The second kappa shape index (κ2) is 8.22. The molecule has 0 N–H and O–H groups in total. The van der Waals surface area contributed by atoms with Gasteiger partial charge in [0.1, 0.15) is 5.60 Å². The molecule has 3 atom stereocenters. The van der Waals surface area contributed by atoms with Crippen LogP contribution in [0.25, 0.3) is 0 Å². The topological polar surface area (TPSA) is 78.9 Å². The Labute approximate surface area is 127 Å². The van der Waals surface area contributed by atoms with Crippen LogP contribution in [-0.4, -0.2) is 48.9 Å². The van der Waals surface area contributed by atoms with Crippen molar-refractivity contribution in [1.29, 1.82) is 0 Å². The molecule has 1 amide bonds. The molecule has 0 bridgehead atoms. The van der Waals surface area contributed by atoms with E-state index in [0.29, 0.717) is 0 Å². The maximum Gasteiger partial charge on any atom is 0.410 e. The van der Waals surface area contributed by atoms with Crippen LogP contribution in [0.3, 0.4) is 0 Å². The number of likely N-dealkylation sites (N-methyl/N-ethyl adjacent to an activating group) is 1. The van der Waals surface area contributed by atoms with Crippen molar-refractivity contribution in [2.24, 2.45) is 5.92 Å². The van der Waals surface area contributed by atoms with Crippen LogP contribution >= 0.6 is 0 Å². The lowest BCUT2D eigenvalue weighted by Gasteiger charge is -2.38. The molecule has 0 fully saturated rings. The fourth-order valence-electron chi connectivity index (χ4n) is 2.20. The SMILES string of the molecule is CC[C@H](C)[C@@H]([C@@H](CC(=O)[O-])OC)N(C)C(=O)OC(C)(C)C. The summed E-state index contributed by atoms with van der Waals surface area (Å²) in [5.41, 5.74) is -0.609. The first kappa shape index (κ1) is 19.7. The first-order valence-corrected chi connectivity index (χ1v) is 7.21. The average Bonchev–Trinajstić information content (AvgIpc) is 2.34. The minimum atomic E-state index is -1.20. The first-order chi connectivity index (χ1) is 9.53. The van der Waals surface area contributed by atoms with Gasteiger partial charge in [0.25, 0.3) is 0 Å². The van der Waals surface area contributed by atoms with Crippen molar-refractivity contribution >= 4 is 12.1 Å². The molecule has 21 heavy (non-hydrogen) atoms. The molecular weight excluding hydrogens is 274 g/mol. The number of aliphatic carboxylic acids is 1. The Kier molecular flexibility index (Phi) is 7.71. The van der Waals surface area contributed by atoms with Gasteiger partial charge in [-0.05, 0) is 26.7 Å². The third kappa shape index (κ3) is 6.80. The zero-order chi connectivity index (χ0) is 16.8. The zero-order valence-corrected chi connectivity index (χ0v) is 14.1. The maximum absolute atomic E-state index is 12.2. The highest BCUT2D eigenvalue weighted by atomic mass is 16.6. The molecule has 0 spiro atoms. The molecular formula is C15H28NO5-. The van der Waals surface area contributed by atoms with Crippen molar-refractivity contribution in [1.82, 2.24) is 4.90 Å². The molecule has 0 unspecified atom stereocenters. The van der Waals surface area contributed by atoms with Crippen molar-refractivity contribution in [3.8, 4) is 0 Å². The normalized spacial score (nSPS) is 16.0. The summed E-state index contributed by atoms with van der Waals surface area (Å²) in [6, 6.07) is -0.396. The Morgan fingerprint density at radius 2 is 1.81 bits per heavy atom. The molecule has 0 aromatic heterocycles. The predicted octanol–water partition coefficient (Wildman–Crippen LogP) is 1.42. The summed E-state index contributed by atoms with van der Waals surface area (Å²) in [5, 5.41) is 10.9. The van der Waals surface area contributed by atoms with E-state index in [0.717, 1.165) is 6.42 Å². The van der Waals surface area contributed by atoms with Crippen LogP contribution in [0.1, 0.15) is 47.5 Å². The summed E-state index contributed by atoms with van der Waals surface area (Å²) < 4.78 is 10.6. The number of rotatable bonds is 7. The van der Waals surface area contributed by atoms with Crippen LogP contribution in [0.4, 0.5) is 4.79 Å². The maximum atomic E-state index is 12.2. The fraction of sp³-hybridized carbons (Fsp3) is 0.867. The van der Waals surface area contributed by atoms with E-state index in [1.165, 1.54) is 12.0 Å². The molecule has 6 heteroatoms. The van der Waals surface area contributed by atoms with E-state index in [4.69, 9.17) is 9.47 Å². The monoisotopic (exact) mass is 302 g/mol. The summed E-state index contributed by atoms with van der Waals surface area (Å²) >= 11 is 0. The van der Waals surface area contributed by atoms with Crippen molar-refractivity contribution < 1.29 is 24.2 Å². The van der Waals surface area contributed by atoms with E-state index in [9.17, 15) is 14.7 Å². The van der Waals surface area contributed by atoms with Gasteiger partial charge in [-0.1, -0.05) is 20.3 Å². The molecule has 0 saturated heterocycles. The lowest BCUT2D eigenvalue weighted by atomic mass is 9.91. The molecule has 0 aromatic rings. The summed E-state index contributed by atoms with van der Waals surface area (Å²) in [6.45, 7) is 9.28. The van der Waals surface area contributed by atoms with E-state index in [1.807, 2.05) is 13.8 Å².